The molecule has 0 saturated carbocycles. The van der Waals surface area contributed by atoms with Crippen molar-refractivity contribution in [2.45, 2.75) is 45.4 Å². The van der Waals surface area contributed by atoms with Crippen LogP contribution in [0, 0.1) is 5.92 Å². The molecule has 1 atom stereocenters. The first kappa shape index (κ1) is 12.9. The molecule has 2 heteroatoms. The van der Waals surface area contributed by atoms with Gasteiger partial charge in [-0.3, -0.25) is 0 Å². The van der Waals surface area contributed by atoms with Gasteiger partial charge in [0, 0.05) is 20.3 Å². The van der Waals surface area contributed by atoms with Crippen molar-refractivity contribution in [3.8, 4) is 0 Å². The summed E-state index contributed by atoms with van der Waals surface area (Å²) in [6, 6.07) is 0. The van der Waals surface area contributed by atoms with Gasteiger partial charge in [-0.05, 0) is 18.8 Å². The third-order valence-corrected chi connectivity index (χ3v) is 2.58. The monoisotopic (exact) mass is 188 g/mol. The van der Waals surface area contributed by atoms with E-state index in [2.05, 4.69) is 6.92 Å². The van der Waals surface area contributed by atoms with Gasteiger partial charge in [0.2, 0.25) is 0 Å². The van der Waals surface area contributed by atoms with Gasteiger partial charge in [0.25, 0.3) is 0 Å². The summed E-state index contributed by atoms with van der Waals surface area (Å²) in [6.07, 6.45) is 7.11. The molecule has 0 fully saturated rings. The Hall–Kier alpha value is -0.0800. The van der Waals surface area contributed by atoms with Crippen molar-refractivity contribution in [1.82, 2.24) is 0 Å². The Balaban J connectivity index is 3.25. The number of aliphatic hydroxyl groups is 1. The molecule has 0 aliphatic heterocycles. The van der Waals surface area contributed by atoms with Crippen LogP contribution in [0.4, 0.5) is 0 Å². The van der Waals surface area contributed by atoms with Crippen LogP contribution < -0.4 is 0 Å². The number of rotatable bonds is 9. The van der Waals surface area contributed by atoms with E-state index < -0.39 is 0 Å². The zero-order chi connectivity index (χ0) is 9.94. The lowest BCUT2D eigenvalue weighted by molar-refractivity contribution is 0.172. The summed E-state index contributed by atoms with van der Waals surface area (Å²) in [6.45, 7) is 3.47. The maximum Gasteiger partial charge on any atom is 0.0464 e. The molecule has 13 heavy (non-hydrogen) atoms. The smallest absolute Gasteiger partial charge is 0.0464 e. The number of hydrogen-bond donors (Lipinski definition) is 1. The van der Waals surface area contributed by atoms with Crippen molar-refractivity contribution in [2.24, 2.45) is 5.92 Å². The molecule has 0 radical (unpaired) electrons. The van der Waals surface area contributed by atoms with E-state index >= 15 is 0 Å². The van der Waals surface area contributed by atoms with Crippen LogP contribution in [0.15, 0.2) is 0 Å². The normalized spacial score (nSPS) is 13.2. The van der Waals surface area contributed by atoms with Crippen LogP contribution in [-0.4, -0.2) is 25.4 Å². The Labute approximate surface area is 82.3 Å². The molecule has 0 saturated heterocycles. The third kappa shape index (κ3) is 8.26. The van der Waals surface area contributed by atoms with E-state index in [0.717, 1.165) is 18.9 Å². The summed E-state index contributed by atoms with van der Waals surface area (Å²) in [5.41, 5.74) is 0. The molecule has 80 valence electrons. The predicted molar refractivity (Wildman–Crippen MR) is 55.8 cm³/mol. The Kier molecular flexibility index (Phi) is 9.94. The highest BCUT2D eigenvalue weighted by Gasteiger charge is 2.04. The van der Waals surface area contributed by atoms with Crippen molar-refractivity contribution in [1.29, 1.82) is 0 Å². The van der Waals surface area contributed by atoms with Gasteiger partial charge >= 0.3 is 0 Å². The van der Waals surface area contributed by atoms with Gasteiger partial charge in [0.15, 0.2) is 0 Å². The zero-order valence-corrected chi connectivity index (χ0v) is 9.09. The van der Waals surface area contributed by atoms with Crippen LogP contribution in [0.3, 0.4) is 0 Å². The van der Waals surface area contributed by atoms with E-state index in [1.807, 2.05) is 0 Å². The molecule has 0 amide bonds. The van der Waals surface area contributed by atoms with Crippen LogP contribution in [0.1, 0.15) is 45.4 Å². The second-order valence-electron chi connectivity index (χ2n) is 3.63. The molecule has 0 spiro atoms. The topological polar surface area (TPSA) is 29.5 Å². The van der Waals surface area contributed by atoms with Gasteiger partial charge in [-0.25, -0.2) is 0 Å². The molecular formula is C11H24O2. The molecule has 0 aromatic carbocycles. The Morgan fingerprint density at radius 1 is 1.15 bits per heavy atom. The van der Waals surface area contributed by atoms with Crippen molar-refractivity contribution in [3.63, 3.8) is 0 Å². The number of methoxy groups -OCH3 is 1. The Bertz CT molecular complexity index is 94.1. The first-order valence-corrected chi connectivity index (χ1v) is 5.45. The van der Waals surface area contributed by atoms with Gasteiger partial charge in [-0.15, -0.1) is 0 Å². The van der Waals surface area contributed by atoms with Gasteiger partial charge in [-0.2, -0.15) is 0 Å². The van der Waals surface area contributed by atoms with Crippen LogP contribution in [0.2, 0.25) is 0 Å². The Morgan fingerprint density at radius 3 is 2.46 bits per heavy atom. The van der Waals surface area contributed by atoms with Gasteiger partial charge in [-0.1, -0.05) is 32.6 Å². The molecule has 2 nitrogen and oxygen atoms in total. The van der Waals surface area contributed by atoms with E-state index in [1.54, 1.807) is 7.11 Å². The first-order chi connectivity index (χ1) is 6.35. The maximum absolute atomic E-state index is 8.61. The van der Waals surface area contributed by atoms with Crippen molar-refractivity contribution >= 4 is 0 Å². The fraction of sp³-hybridized carbons (Fsp3) is 1.00. The van der Waals surface area contributed by atoms with E-state index in [9.17, 15) is 0 Å². The highest BCUT2D eigenvalue weighted by Crippen LogP contribution is 2.16. The van der Waals surface area contributed by atoms with Crippen molar-refractivity contribution < 1.29 is 9.84 Å². The largest absolute Gasteiger partial charge is 0.396 e. The lowest BCUT2D eigenvalue weighted by atomic mass is 9.96. The quantitative estimate of drug-likeness (QED) is 0.564. The highest BCUT2D eigenvalue weighted by molar-refractivity contribution is 4.57. The maximum atomic E-state index is 8.61. The second kappa shape index (κ2) is 10.0. The summed E-state index contributed by atoms with van der Waals surface area (Å²) < 4.78 is 5.06. The molecular weight excluding hydrogens is 164 g/mol. The van der Waals surface area contributed by atoms with Gasteiger partial charge < -0.3 is 9.84 Å². The van der Waals surface area contributed by atoms with Crippen LogP contribution >= 0.6 is 0 Å². The second-order valence-corrected chi connectivity index (χ2v) is 3.63. The average Bonchev–Trinajstić information content (AvgIpc) is 2.17. The molecule has 0 aromatic rings. The molecule has 0 aliphatic carbocycles. The van der Waals surface area contributed by atoms with Crippen LogP contribution in [-0.2, 0) is 4.74 Å². The number of unbranched alkanes of at least 4 members (excludes halogenated alkanes) is 2. The van der Waals surface area contributed by atoms with E-state index in [-0.39, 0.29) is 0 Å². The fourth-order valence-corrected chi connectivity index (χ4v) is 1.56. The third-order valence-electron chi connectivity index (χ3n) is 2.58. The fourth-order valence-electron chi connectivity index (χ4n) is 1.56. The summed E-state index contributed by atoms with van der Waals surface area (Å²) in [4.78, 5) is 0. The summed E-state index contributed by atoms with van der Waals surface area (Å²) in [7, 11) is 1.76. The average molecular weight is 188 g/mol. The SMILES string of the molecule is CC[C@@H](CCCCCO)CCOC. The Morgan fingerprint density at radius 2 is 1.92 bits per heavy atom. The minimum atomic E-state index is 0.342. The van der Waals surface area contributed by atoms with Gasteiger partial charge in [0.05, 0.1) is 0 Å². The molecule has 0 aromatic heterocycles. The van der Waals surface area contributed by atoms with E-state index in [4.69, 9.17) is 9.84 Å². The van der Waals surface area contributed by atoms with Crippen molar-refractivity contribution in [2.75, 3.05) is 20.3 Å². The summed E-state index contributed by atoms with van der Waals surface area (Å²) >= 11 is 0. The molecule has 0 aliphatic rings. The molecule has 0 rings (SSSR count). The minimum absolute atomic E-state index is 0.342. The minimum Gasteiger partial charge on any atom is -0.396 e. The lowest BCUT2D eigenvalue weighted by Crippen LogP contribution is -2.03. The van der Waals surface area contributed by atoms with E-state index in [1.165, 1.54) is 32.1 Å². The number of aliphatic hydroxyl groups excluding tert-OH is 1. The van der Waals surface area contributed by atoms with Crippen molar-refractivity contribution in [3.05, 3.63) is 0 Å². The highest BCUT2D eigenvalue weighted by atomic mass is 16.5. The van der Waals surface area contributed by atoms with Gasteiger partial charge in [0.1, 0.15) is 0 Å². The molecule has 0 heterocycles. The predicted octanol–water partition coefficient (Wildman–Crippen LogP) is 2.60. The summed E-state index contributed by atoms with van der Waals surface area (Å²) in [5.74, 6) is 0.818. The number of ether oxygens (including phenoxy) is 1. The molecule has 0 bridgehead atoms. The summed E-state index contributed by atoms with van der Waals surface area (Å²) in [5, 5.41) is 8.61. The first-order valence-electron chi connectivity index (χ1n) is 5.45. The molecule has 1 N–H and O–H groups in total. The standard InChI is InChI=1S/C11H24O2/c1-3-11(8-10-13-2)7-5-4-6-9-12/h11-12H,3-10H2,1-2H3/t11-/m0/s1. The molecule has 0 unspecified atom stereocenters. The number of hydrogen-bond acceptors (Lipinski definition) is 2. The lowest BCUT2D eigenvalue weighted by Gasteiger charge is -2.13. The van der Waals surface area contributed by atoms with Crippen LogP contribution in [0.25, 0.3) is 0 Å². The van der Waals surface area contributed by atoms with E-state index in [0.29, 0.717) is 6.61 Å². The van der Waals surface area contributed by atoms with Crippen LogP contribution in [0.5, 0.6) is 0 Å². The zero-order valence-electron chi connectivity index (χ0n) is 9.09.